The molecular formula is C13H19N3O. The van der Waals surface area contributed by atoms with E-state index >= 15 is 0 Å². The molecule has 0 bridgehead atoms. The van der Waals surface area contributed by atoms with Crippen molar-refractivity contribution < 1.29 is 4.74 Å². The number of nitrogens with one attached hydrogen (secondary N) is 1. The van der Waals surface area contributed by atoms with Crippen LogP contribution in [0.1, 0.15) is 23.8 Å². The fourth-order valence-corrected chi connectivity index (χ4v) is 2.71. The van der Waals surface area contributed by atoms with Crippen LogP contribution in [0.25, 0.3) is 0 Å². The first-order valence-electron chi connectivity index (χ1n) is 6.37. The maximum atomic E-state index is 5.49. The Morgan fingerprint density at radius 3 is 2.94 bits per heavy atom. The summed E-state index contributed by atoms with van der Waals surface area (Å²) in [6.07, 6.45) is 2.37. The van der Waals surface area contributed by atoms with Crippen LogP contribution in [0.2, 0.25) is 0 Å². The Balaban J connectivity index is 1.86. The first-order valence-corrected chi connectivity index (χ1v) is 6.37. The molecule has 1 aliphatic heterocycles. The van der Waals surface area contributed by atoms with Crippen LogP contribution < -0.4 is 10.2 Å². The quantitative estimate of drug-likeness (QED) is 0.831. The van der Waals surface area contributed by atoms with E-state index in [1.807, 2.05) is 0 Å². The van der Waals surface area contributed by atoms with Crippen LogP contribution in [-0.4, -0.2) is 38.3 Å². The van der Waals surface area contributed by atoms with Gasteiger partial charge < -0.3 is 15.0 Å². The Hall–Kier alpha value is -1.13. The number of aromatic nitrogens is 1. The topological polar surface area (TPSA) is 37.4 Å². The maximum absolute atomic E-state index is 5.49. The summed E-state index contributed by atoms with van der Waals surface area (Å²) in [6.45, 7) is 4.19. The standard InChI is InChI=1S/C13H19N3O/c1-17-11-4-2-10-3-5-12(15-13(10)11)16-8-6-14-7-9-16/h3,5,11,14H,2,4,6-9H2,1H3. The molecule has 1 aromatic heterocycles. The minimum atomic E-state index is 0.202. The second-order valence-corrected chi connectivity index (χ2v) is 4.71. The van der Waals surface area contributed by atoms with E-state index in [0.717, 1.165) is 50.5 Å². The van der Waals surface area contributed by atoms with Crippen molar-refractivity contribution in [3.63, 3.8) is 0 Å². The Morgan fingerprint density at radius 1 is 1.35 bits per heavy atom. The number of fused-ring (bicyclic) bond motifs is 1. The lowest BCUT2D eigenvalue weighted by Crippen LogP contribution is -2.44. The van der Waals surface area contributed by atoms with Gasteiger partial charge in [0.2, 0.25) is 0 Å². The molecule has 1 aliphatic carbocycles. The summed E-state index contributed by atoms with van der Waals surface area (Å²) in [5.41, 5.74) is 2.51. The summed E-state index contributed by atoms with van der Waals surface area (Å²) in [5, 5.41) is 3.36. The van der Waals surface area contributed by atoms with Crippen molar-refractivity contribution in [3.8, 4) is 0 Å². The van der Waals surface area contributed by atoms with Gasteiger partial charge in [-0.3, -0.25) is 0 Å². The second kappa shape index (κ2) is 4.63. The van der Waals surface area contributed by atoms with Crippen LogP contribution in [0.3, 0.4) is 0 Å². The number of aryl methyl sites for hydroxylation is 1. The number of pyridine rings is 1. The van der Waals surface area contributed by atoms with Gasteiger partial charge in [0.05, 0.1) is 11.8 Å². The predicted molar refractivity (Wildman–Crippen MR) is 67.4 cm³/mol. The van der Waals surface area contributed by atoms with Crippen molar-refractivity contribution in [2.45, 2.75) is 18.9 Å². The van der Waals surface area contributed by atoms with Gasteiger partial charge in [0.1, 0.15) is 5.82 Å². The van der Waals surface area contributed by atoms with E-state index in [1.54, 1.807) is 7.11 Å². The zero-order valence-corrected chi connectivity index (χ0v) is 10.3. The van der Waals surface area contributed by atoms with Crippen molar-refractivity contribution in [2.75, 3.05) is 38.2 Å². The van der Waals surface area contributed by atoms with Gasteiger partial charge in [-0.15, -0.1) is 0 Å². The summed E-state index contributed by atoms with van der Waals surface area (Å²) < 4.78 is 5.49. The molecule has 1 atom stereocenters. The first kappa shape index (κ1) is 11.0. The number of piperazine rings is 1. The Kier molecular flexibility index (Phi) is 2.99. The van der Waals surface area contributed by atoms with Crippen molar-refractivity contribution in [1.82, 2.24) is 10.3 Å². The monoisotopic (exact) mass is 233 g/mol. The van der Waals surface area contributed by atoms with Gasteiger partial charge in [-0.1, -0.05) is 6.07 Å². The average Bonchev–Trinajstić information content (AvgIpc) is 2.81. The maximum Gasteiger partial charge on any atom is 0.129 e. The third kappa shape index (κ3) is 2.03. The number of anilines is 1. The molecule has 1 saturated heterocycles. The van der Waals surface area contributed by atoms with Crippen molar-refractivity contribution >= 4 is 5.82 Å². The van der Waals surface area contributed by atoms with Crippen molar-refractivity contribution in [3.05, 3.63) is 23.4 Å². The minimum Gasteiger partial charge on any atom is -0.375 e. The number of nitrogens with zero attached hydrogens (tertiary/aromatic N) is 2. The van der Waals surface area contributed by atoms with E-state index in [9.17, 15) is 0 Å². The average molecular weight is 233 g/mol. The van der Waals surface area contributed by atoms with Gasteiger partial charge in [0.15, 0.2) is 0 Å². The molecule has 4 heteroatoms. The SMILES string of the molecule is COC1CCc2ccc(N3CCNCC3)nc21. The molecule has 2 heterocycles. The lowest BCUT2D eigenvalue weighted by molar-refractivity contribution is 0.102. The van der Waals surface area contributed by atoms with Gasteiger partial charge in [0, 0.05) is 33.3 Å². The molecule has 0 saturated carbocycles. The smallest absolute Gasteiger partial charge is 0.129 e. The van der Waals surface area contributed by atoms with Crippen LogP contribution in [0.5, 0.6) is 0 Å². The lowest BCUT2D eigenvalue weighted by Gasteiger charge is -2.29. The molecule has 1 N–H and O–H groups in total. The van der Waals surface area contributed by atoms with Gasteiger partial charge >= 0.3 is 0 Å². The van der Waals surface area contributed by atoms with E-state index in [2.05, 4.69) is 22.3 Å². The molecule has 0 radical (unpaired) electrons. The molecule has 17 heavy (non-hydrogen) atoms. The van der Waals surface area contributed by atoms with Crippen LogP contribution in [0.4, 0.5) is 5.82 Å². The molecule has 3 rings (SSSR count). The Labute approximate surface area is 102 Å². The zero-order chi connectivity index (χ0) is 11.7. The van der Waals surface area contributed by atoms with E-state index in [1.165, 1.54) is 5.56 Å². The summed E-state index contributed by atoms with van der Waals surface area (Å²) in [6, 6.07) is 4.38. The predicted octanol–water partition coefficient (Wildman–Crippen LogP) is 1.12. The van der Waals surface area contributed by atoms with E-state index in [0.29, 0.717) is 0 Å². The third-order valence-electron chi connectivity index (χ3n) is 3.70. The highest BCUT2D eigenvalue weighted by atomic mass is 16.5. The molecular weight excluding hydrogens is 214 g/mol. The third-order valence-corrected chi connectivity index (χ3v) is 3.70. The van der Waals surface area contributed by atoms with Gasteiger partial charge in [0.25, 0.3) is 0 Å². The van der Waals surface area contributed by atoms with Crippen LogP contribution in [-0.2, 0) is 11.2 Å². The van der Waals surface area contributed by atoms with Crippen molar-refractivity contribution in [1.29, 1.82) is 0 Å². The molecule has 1 unspecified atom stereocenters. The normalized spacial score (nSPS) is 23.8. The highest BCUT2D eigenvalue weighted by Gasteiger charge is 2.25. The number of rotatable bonds is 2. The summed E-state index contributed by atoms with van der Waals surface area (Å²) >= 11 is 0. The summed E-state index contributed by atoms with van der Waals surface area (Å²) in [4.78, 5) is 7.15. The minimum absolute atomic E-state index is 0.202. The number of methoxy groups -OCH3 is 1. The first-order chi connectivity index (χ1) is 8.38. The van der Waals surface area contributed by atoms with Gasteiger partial charge in [-0.25, -0.2) is 4.98 Å². The molecule has 0 amide bonds. The fraction of sp³-hybridized carbons (Fsp3) is 0.615. The molecule has 1 fully saturated rings. The molecule has 92 valence electrons. The van der Waals surface area contributed by atoms with Crippen LogP contribution in [0.15, 0.2) is 12.1 Å². The molecule has 4 nitrogen and oxygen atoms in total. The highest BCUT2D eigenvalue weighted by Crippen LogP contribution is 2.33. The van der Waals surface area contributed by atoms with Gasteiger partial charge in [-0.2, -0.15) is 0 Å². The lowest BCUT2D eigenvalue weighted by atomic mass is 10.2. The number of hydrogen-bond acceptors (Lipinski definition) is 4. The Bertz CT molecular complexity index is 402. The van der Waals surface area contributed by atoms with E-state index in [4.69, 9.17) is 9.72 Å². The number of hydrogen-bond donors (Lipinski definition) is 1. The summed E-state index contributed by atoms with van der Waals surface area (Å²) in [5.74, 6) is 1.11. The largest absolute Gasteiger partial charge is 0.375 e. The molecule has 0 spiro atoms. The van der Waals surface area contributed by atoms with E-state index < -0.39 is 0 Å². The Morgan fingerprint density at radius 2 is 2.18 bits per heavy atom. The highest BCUT2D eigenvalue weighted by molar-refractivity contribution is 5.44. The second-order valence-electron chi connectivity index (χ2n) is 4.71. The fourth-order valence-electron chi connectivity index (χ4n) is 2.71. The van der Waals surface area contributed by atoms with Crippen LogP contribution in [0, 0.1) is 0 Å². The van der Waals surface area contributed by atoms with E-state index in [-0.39, 0.29) is 6.10 Å². The molecule has 2 aliphatic rings. The van der Waals surface area contributed by atoms with Crippen LogP contribution >= 0.6 is 0 Å². The molecule has 1 aromatic rings. The summed E-state index contributed by atoms with van der Waals surface area (Å²) in [7, 11) is 1.78. The number of ether oxygens (including phenoxy) is 1. The van der Waals surface area contributed by atoms with Crippen molar-refractivity contribution in [2.24, 2.45) is 0 Å². The molecule has 0 aromatic carbocycles. The van der Waals surface area contributed by atoms with Gasteiger partial charge in [-0.05, 0) is 24.5 Å². The zero-order valence-electron chi connectivity index (χ0n) is 10.3.